The van der Waals surface area contributed by atoms with E-state index in [9.17, 15) is 22.8 Å². The van der Waals surface area contributed by atoms with E-state index in [0.717, 1.165) is 17.4 Å². The summed E-state index contributed by atoms with van der Waals surface area (Å²) in [4.78, 5) is 25.4. The molecule has 1 fully saturated rings. The number of carbonyl (C=O) groups excluding carboxylic acids is 2. The van der Waals surface area contributed by atoms with Crippen molar-refractivity contribution in [3.8, 4) is 11.4 Å². The molecule has 0 bridgehead atoms. The number of ether oxygens (including phenoxy) is 3. The molecule has 230 valence electrons. The predicted molar refractivity (Wildman–Crippen MR) is 150 cm³/mol. The van der Waals surface area contributed by atoms with Crippen molar-refractivity contribution in [1.29, 1.82) is 0 Å². The van der Waals surface area contributed by atoms with Crippen LogP contribution in [-0.4, -0.2) is 45.9 Å². The maximum atomic E-state index is 14.2. The van der Waals surface area contributed by atoms with E-state index in [1.165, 1.54) is 25.3 Å². The molecular formula is C29H29Cl2F3N4O5. The molecule has 1 aliphatic carbocycles. The average molecular weight is 641 g/mol. The van der Waals surface area contributed by atoms with Gasteiger partial charge in [0, 0.05) is 22.6 Å². The number of aromatic nitrogens is 3. The second-order valence-electron chi connectivity index (χ2n) is 10.3. The molecule has 2 heterocycles. The first kappa shape index (κ1) is 31.1. The third-order valence-electron chi connectivity index (χ3n) is 7.53. The molecule has 0 spiro atoms. The lowest BCUT2D eigenvalue weighted by molar-refractivity contribution is -0.153. The van der Waals surface area contributed by atoms with Gasteiger partial charge in [-0.3, -0.25) is 14.2 Å². The number of carbonyl (C=O) groups is 2. The number of amides is 1. The van der Waals surface area contributed by atoms with Gasteiger partial charge in [0.2, 0.25) is 11.7 Å². The fourth-order valence-electron chi connectivity index (χ4n) is 5.52. The molecule has 1 aliphatic heterocycles. The molecule has 5 rings (SSSR count). The van der Waals surface area contributed by atoms with Crippen LogP contribution >= 0.6 is 23.2 Å². The summed E-state index contributed by atoms with van der Waals surface area (Å²) in [5, 5.41) is 10.6. The number of hydrogen-bond acceptors (Lipinski definition) is 7. The molecule has 1 amide bonds. The molecule has 4 atom stereocenters. The van der Waals surface area contributed by atoms with Crippen molar-refractivity contribution < 1.29 is 37.0 Å². The van der Waals surface area contributed by atoms with Gasteiger partial charge in [0.15, 0.2) is 5.82 Å². The van der Waals surface area contributed by atoms with Gasteiger partial charge in [-0.05, 0) is 43.5 Å². The number of fused-ring (bicyclic) bond motifs is 3. The normalized spacial score (nSPS) is 21.7. The lowest BCUT2D eigenvalue weighted by Gasteiger charge is -2.32. The third-order valence-corrected chi connectivity index (χ3v) is 8.17. The van der Waals surface area contributed by atoms with Crippen LogP contribution in [0.15, 0.2) is 36.4 Å². The Morgan fingerprint density at radius 3 is 2.60 bits per heavy atom. The van der Waals surface area contributed by atoms with E-state index in [4.69, 9.17) is 37.4 Å². The van der Waals surface area contributed by atoms with Crippen molar-refractivity contribution in [1.82, 2.24) is 20.1 Å². The van der Waals surface area contributed by atoms with Crippen LogP contribution in [0, 0.1) is 0 Å². The lowest BCUT2D eigenvalue weighted by atomic mass is 9.92. The summed E-state index contributed by atoms with van der Waals surface area (Å²) in [5.41, 5.74) is 0.722. The zero-order chi connectivity index (χ0) is 30.9. The van der Waals surface area contributed by atoms with Crippen molar-refractivity contribution in [2.45, 2.75) is 76.0 Å². The van der Waals surface area contributed by atoms with E-state index < -0.39 is 48.7 Å². The molecule has 9 nitrogen and oxygen atoms in total. The topological polar surface area (TPSA) is 105 Å². The summed E-state index contributed by atoms with van der Waals surface area (Å²) in [6.07, 6.45) is -5.10. The Hall–Kier alpha value is -3.35. The molecule has 2 aliphatic rings. The average Bonchev–Trinajstić information content (AvgIpc) is 3.38. The van der Waals surface area contributed by atoms with E-state index in [1.54, 1.807) is 25.1 Å². The van der Waals surface area contributed by atoms with Gasteiger partial charge in [-0.1, -0.05) is 48.7 Å². The Balaban J connectivity index is 1.56. The maximum Gasteiger partial charge on any atom is 0.452 e. The molecule has 2 aromatic carbocycles. The van der Waals surface area contributed by atoms with Crippen LogP contribution in [0.3, 0.4) is 0 Å². The van der Waals surface area contributed by atoms with Crippen LogP contribution in [-0.2, 0) is 25.2 Å². The van der Waals surface area contributed by atoms with Gasteiger partial charge < -0.3 is 19.5 Å². The van der Waals surface area contributed by atoms with E-state index in [2.05, 4.69) is 15.5 Å². The number of alkyl halides is 3. The van der Waals surface area contributed by atoms with Gasteiger partial charge >= 0.3 is 12.1 Å². The maximum absolute atomic E-state index is 14.2. The highest BCUT2D eigenvalue weighted by molar-refractivity contribution is 6.33. The number of nitrogens with zero attached hydrogens (tertiary/aromatic N) is 3. The van der Waals surface area contributed by atoms with Gasteiger partial charge in [-0.15, -0.1) is 10.2 Å². The number of methoxy groups -OCH3 is 1. The summed E-state index contributed by atoms with van der Waals surface area (Å²) in [5.74, 6) is -2.07. The Kier molecular flexibility index (Phi) is 9.19. The molecular weight excluding hydrogens is 612 g/mol. The number of hydrogen-bond donors (Lipinski definition) is 1. The minimum Gasteiger partial charge on any atom is -0.495 e. The quantitative estimate of drug-likeness (QED) is 0.293. The van der Waals surface area contributed by atoms with Crippen LogP contribution in [0.1, 0.15) is 80.4 Å². The summed E-state index contributed by atoms with van der Waals surface area (Å²) in [6, 6.07) is 8.86. The van der Waals surface area contributed by atoms with Crippen LogP contribution in [0.5, 0.6) is 5.75 Å². The van der Waals surface area contributed by atoms with Gasteiger partial charge in [-0.25, -0.2) is 0 Å². The third kappa shape index (κ3) is 6.46. The molecule has 14 heteroatoms. The molecule has 3 aromatic rings. The molecule has 1 saturated carbocycles. The first-order valence-corrected chi connectivity index (χ1v) is 14.6. The lowest BCUT2D eigenvalue weighted by Crippen LogP contribution is -2.47. The molecule has 0 saturated heterocycles. The first-order chi connectivity index (χ1) is 20.5. The van der Waals surface area contributed by atoms with E-state index >= 15 is 0 Å². The minimum absolute atomic E-state index is 0.0716. The number of nitrogens with one attached hydrogen (secondary N) is 1. The largest absolute Gasteiger partial charge is 0.495 e. The number of rotatable bonds is 7. The SMILES string of the molecule is CCC(=O)OC1CCCC[C@@H]1NC(=O)C[C@H]1O[C@H](c2cccc(OC)c2Cl)c2cc(Cl)ccc2-n2c1nnc2C(F)(F)F. The zero-order valence-electron chi connectivity index (χ0n) is 23.3. The van der Waals surface area contributed by atoms with Crippen molar-refractivity contribution in [3.63, 3.8) is 0 Å². The number of halogens is 5. The van der Waals surface area contributed by atoms with Crippen LogP contribution in [0.25, 0.3) is 5.69 Å². The molecule has 0 radical (unpaired) electrons. The fraction of sp³-hybridized carbons (Fsp3) is 0.448. The highest BCUT2D eigenvalue weighted by Gasteiger charge is 2.44. The second-order valence-corrected chi connectivity index (χ2v) is 11.1. The van der Waals surface area contributed by atoms with Gasteiger partial charge in [0.1, 0.15) is 24.1 Å². The zero-order valence-corrected chi connectivity index (χ0v) is 24.8. The Morgan fingerprint density at radius 2 is 1.88 bits per heavy atom. The Bertz CT molecular complexity index is 1520. The van der Waals surface area contributed by atoms with E-state index in [1.807, 2.05) is 0 Å². The van der Waals surface area contributed by atoms with E-state index in [0.29, 0.717) is 24.2 Å². The Morgan fingerprint density at radius 1 is 1.12 bits per heavy atom. The van der Waals surface area contributed by atoms with Crippen molar-refractivity contribution in [3.05, 3.63) is 69.2 Å². The van der Waals surface area contributed by atoms with Gasteiger partial charge in [-0.2, -0.15) is 13.2 Å². The van der Waals surface area contributed by atoms with Crippen LogP contribution in [0.2, 0.25) is 10.0 Å². The molecule has 43 heavy (non-hydrogen) atoms. The summed E-state index contributed by atoms with van der Waals surface area (Å²) in [7, 11) is 1.43. The van der Waals surface area contributed by atoms with Crippen molar-refractivity contribution in [2.24, 2.45) is 0 Å². The highest BCUT2D eigenvalue weighted by Crippen LogP contribution is 2.46. The first-order valence-electron chi connectivity index (χ1n) is 13.8. The van der Waals surface area contributed by atoms with Crippen LogP contribution < -0.4 is 10.1 Å². The van der Waals surface area contributed by atoms with Crippen molar-refractivity contribution in [2.75, 3.05) is 7.11 Å². The fourth-order valence-corrected chi connectivity index (χ4v) is 6.00. The Labute approximate surface area is 255 Å². The molecule has 1 N–H and O–H groups in total. The minimum atomic E-state index is -4.87. The van der Waals surface area contributed by atoms with Gasteiger partial charge in [0.05, 0.1) is 30.3 Å². The monoisotopic (exact) mass is 640 g/mol. The van der Waals surface area contributed by atoms with E-state index in [-0.39, 0.29) is 39.5 Å². The summed E-state index contributed by atoms with van der Waals surface area (Å²) < 4.78 is 60.9. The van der Waals surface area contributed by atoms with Crippen molar-refractivity contribution >= 4 is 35.1 Å². The molecule has 1 unspecified atom stereocenters. The molecule has 1 aromatic heterocycles. The predicted octanol–water partition coefficient (Wildman–Crippen LogP) is 6.53. The number of benzene rings is 2. The second kappa shape index (κ2) is 12.7. The smallest absolute Gasteiger partial charge is 0.452 e. The summed E-state index contributed by atoms with van der Waals surface area (Å²) >= 11 is 13.0. The van der Waals surface area contributed by atoms with Gasteiger partial charge in [0.25, 0.3) is 0 Å². The van der Waals surface area contributed by atoms with Crippen LogP contribution in [0.4, 0.5) is 13.2 Å². The number of esters is 1. The standard InChI is InChI=1S/C29H29Cl2F3N4O5/c1-3-24(40)42-20-9-5-4-8-18(20)35-23(39)14-22-27-36-37-28(29(32,33)34)38(27)19-12-11-15(30)13-17(19)26(43-22)16-7-6-10-21(41-2)25(16)31/h6-7,10-13,18,20,22,26H,3-5,8-9,14H2,1-2H3,(H,35,39)/t18-,20?,22+,26+/m0/s1. The highest BCUT2D eigenvalue weighted by atomic mass is 35.5. The summed E-state index contributed by atoms with van der Waals surface area (Å²) in [6.45, 7) is 1.68.